The smallest absolute Gasteiger partial charge is 0.254 e. The van der Waals surface area contributed by atoms with E-state index in [9.17, 15) is 10.1 Å². The molecule has 0 unspecified atom stereocenters. The maximum Gasteiger partial charge on any atom is 0.254 e. The Bertz CT molecular complexity index is 2900. The molecule has 13 nitrogen and oxygen atoms in total. The normalized spacial score (nSPS) is 21.4. The summed E-state index contributed by atoms with van der Waals surface area (Å²) in [5, 5.41) is 22.7. The zero-order chi connectivity index (χ0) is 46.3. The number of oxazole rings is 1. The summed E-state index contributed by atoms with van der Waals surface area (Å²) in [6, 6.07) is 12.2. The van der Waals surface area contributed by atoms with Crippen LogP contribution in [0.1, 0.15) is 120 Å². The minimum atomic E-state index is -0.466. The van der Waals surface area contributed by atoms with Crippen molar-refractivity contribution in [2.24, 2.45) is 27.2 Å². The Morgan fingerprint density at radius 2 is 1.76 bits per heavy atom. The fourth-order valence-corrected chi connectivity index (χ4v) is 13.0. The molecule has 1 atom stereocenters. The van der Waals surface area contributed by atoms with Gasteiger partial charge in [-0.15, -0.1) is 21.5 Å². The molecule has 2 saturated carbocycles. The molecule has 1 spiro atoms. The van der Waals surface area contributed by atoms with Gasteiger partial charge in [-0.1, -0.05) is 45.4 Å². The Morgan fingerprint density at radius 1 is 1.02 bits per heavy atom. The number of benzene rings is 2. The average molecular weight is 928 g/mol. The fourth-order valence-electron chi connectivity index (χ4n) is 11.6. The molecule has 2 aliphatic carbocycles. The van der Waals surface area contributed by atoms with Crippen molar-refractivity contribution in [3.05, 3.63) is 128 Å². The number of hydrogen-bond donors (Lipinski definition) is 1. The van der Waals surface area contributed by atoms with Gasteiger partial charge in [0, 0.05) is 64.4 Å². The summed E-state index contributed by atoms with van der Waals surface area (Å²) < 4.78 is 30.5. The lowest BCUT2D eigenvalue weighted by atomic mass is 9.49. The van der Waals surface area contributed by atoms with Crippen LogP contribution >= 0.6 is 22.9 Å². The van der Waals surface area contributed by atoms with Crippen LogP contribution in [0.15, 0.2) is 70.7 Å². The third kappa shape index (κ3) is 7.55. The number of nitrogens with zero attached hydrogens (tertiary/aromatic N) is 9. The Labute approximate surface area is 392 Å². The first-order valence-corrected chi connectivity index (χ1v) is 23.8. The Balaban J connectivity index is 0.749. The number of aliphatic imine (C=N–C) groups is 1. The summed E-state index contributed by atoms with van der Waals surface area (Å²) in [4.78, 5) is 35.7. The molecule has 0 bridgehead atoms. The number of ether oxygens (including phenoxy) is 1. The molecule has 4 aromatic heterocycles. The molecule has 16 heteroatoms. The monoisotopic (exact) mass is 926 g/mol. The molecule has 2 aromatic carbocycles. The number of aromatic nitrogens is 6. The predicted octanol–water partition coefficient (Wildman–Crippen LogP) is 9.68. The van der Waals surface area contributed by atoms with Crippen molar-refractivity contribution < 1.29 is 18.3 Å². The molecule has 1 amide bonds. The molecule has 10 rings (SSSR count). The number of piperidine rings is 1. The van der Waals surface area contributed by atoms with Gasteiger partial charge < -0.3 is 19.4 Å². The van der Waals surface area contributed by atoms with Crippen molar-refractivity contribution >= 4 is 40.5 Å². The standard InChI is InChI=1S/C50H52ClFN10O3S/c1-27-28(2)66-44-40(27)41(57-38(21-39-54-14-17-64-39)42-60-59-29(3)62(42)44)35-11-8-30(19-37(35)52)18-31-22-50(23-31)12-15-61(16-13-50)47-55-25-33(26-56-47)43(63)58-45-48(4,5)46(49(45,6)7)65-34-10-9-32(24-53)36(51)20-34/h8-11,14,17,19-20,25-26,31,38,45-46H,12-13,15-16,18,21-23H2,1-7H3,(H,58,63)/t38-,45?,46?/m0/s1. The van der Waals surface area contributed by atoms with Crippen LogP contribution in [0.5, 0.6) is 5.75 Å². The highest BCUT2D eigenvalue weighted by atomic mass is 35.5. The summed E-state index contributed by atoms with van der Waals surface area (Å²) in [6.07, 6.45) is 11.7. The SMILES string of the molecule is Cc1sc2c(c1C)C(c1ccc(CC3CC4(CCN(c5ncc(C(=O)NC6C(C)(C)C(Oc7ccc(C#N)c(Cl)c7)C6(C)C)cn5)CC4)C3)cc1F)=N[C@@H](Cc1ncco1)c1nnc(C)n1-2. The van der Waals surface area contributed by atoms with E-state index in [1.807, 2.05) is 13.0 Å². The number of carbonyl (C=O) groups excluding carboxylic acids is 1. The van der Waals surface area contributed by atoms with Crippen LogP contribution in [0.3, 0.4) is 0 Å². The first-order chi connectivity index (χ1) is 31.5. The molecule has 66 heavy (non-hydrogen) atoms. The van der Waals surface area contributed by atoms with Crippen LogP contribution in [0.25, 0.3) is 5.00 Å². The van der Waals surface area contributed by atoms with Gasteiger partial charge in [0.05, 0.1) is 34.5 Å². The lowest BCUT2D eigenvalue weighted by Crippen LogP contribution is -2.74. The molecule has 0 radical (unpaired) electrons. The van der Waals surface area contributed by atoms with E-state index in [1.54, 1.807) is 60.5 Å². The highest BCUT2D eigenvalue weighted by Crippen LogP contribution is 2.56. The summed E-state index contributed by atoms with van der Waals surface area (Å²) >= 11 is 7.92. The maximum absolute atomic E-state index is 16.5. The van der Waals surface area contributed by atoms with Crippen LogP contribution in [0, 0.1) is 60.1 Å². The molecular formula is C50H52ClFN10O3S. The third-order valence-corrected chi connectivity index (χ3v) is 16.3. The van der Waals surface area contributed by atoms with Crippen molar-refractivity contribution in [1.82, 2.24) is 35.0 Å². The minimum Gasteiger partial charge on any atom is -0.489 e. The fraction of sp³-hybridized carbons (Fsp3) is 0.440. The third-order valence-electron chi connectivity index (χ3n) is 14.8. The van der Waals surface area contributed by atoms with E-state index in [0.29, 0.717) is 63.2 Å². The second-order valence-electron chi connectivity index (χ2n) is 19.9. The van der Waals surface area contributed by atoms with Crippen LogP contribution in [0.2, 0.25) is 5.02 Å². The number of rotatable bonds is 10. The van der Waals surface area contributed by atoms with Crippen LogP contribution < -0.4 is 15.0 Å². The second kappa shape index (κ2) is 16.4. The highest BCUT2D eigenvalue weighted by molar-refractivity contribution is 7.15. The summed E-state index contributed by atoms with van der Waals surface area (Å²) in [7, 11) is 0. The van der Waals surface area contributed by atoms with Crippen molar-refractivity contribution in [2.45, 2.75) is 105 Å². The number of carbonyl (C=O) groups is 1. The van der Waals surface area contributed by atoms with Crippen molar-refractivity contribution in [1.29, 1.82) is 5.26 Å². The Morgan fingerprint density at radius 3 is 2.42 bits per heavy atom. The number of amides is 1. The Kier molecular flexibility index (Phi) is 10.9. The van der Waals surface area contributed by atoms with Gasteiger partial charge in [0.25, 0.3) is 5.91 Å². The minimum absolute atomic E-state index is 0.177. The van der Waals surface area contributed by atoms with Gasteiger partial charge in [-0.3, -0.25) is 14.4 Å². The Hall–Kier alpha value is -5.98. The van der Waals surface area contributed by atoms with Gasteiger partial charge in [-0.05, 0) is 99.6 Å². The van der Waals surface area contributed by atoms with Crippen LogP contribution in [-0.4, -0.2) is 66.6 Å². The van der Waals surface area contributed by atoms with Crippen molar-refractivity contribution in [3.8, 4) is 16.8 Å². The topological polar surface area (TPSA) is 160 Å². The number of thiophene rings is 1. The molecule has 1 saturated heterocycles. The molecule has 340 valence electrons. The lowest BCUT2D eigenvalue weighted by Gasteiger charge is -2.63. The van der Waals surface area contributed by atoms with Crippen LogP contribution in [-0.2, 0) is 12.8 Å². The van der Waals surface area contributed by atoms with E-state index < -0.39 is 16.9 Å². The van der Waals surface area contributed by atoms with Gasteiger partial charge in [0.15, 0.2) is 11.7 Å². The first kappa shape index (κ1) is 43.9. The molecule has 3 fully saturated rings. The number of nitriles is 1. The van der Waals surface area contributed by atoms with Crippen LogP contribution in [0.4, 0.5) is 10.3 Å². The summed E-state index contributed by atoms with van der Waals surface area (Å²) in [5.41, 5.74) is 4.35. The maximum atomic E-state index is 16.5. The first-order valence-electron chi connectivity index (χ1n) is 22.6. The largest absolute Gasteiger partial charge is 0.489 e. The molecular weight excluding hydrogens is 875 g/mol. The van der Waals surface area contributed by atoms with E-state index in [0.717, 1.165) is 77.6 Å². The summed E-state index contributed by atoms with van der Waals surface area (Å²) in [5.74, 6) is 3.16. The van der Waals surface area contributed by atoms with Crippen molar-refractivity contribution in [3.63, 3.8) is 0 Å². The van der Waals surface area contributed by atoms with Gasteiger partial charge in [0.2, 0.25) is 5.95 Å². The predicted molar refractivity (Wildman–Crippen MR) is 250 cm³/mol. The number of anilines is 1. The van der Waals surface area contributed by atoms with Gasteiger partial charge in [-0.2, -0.15) is 5.26 Å². The van der Waals surface area contributed by atoms with Gasteiger partial charge >= 0.3 is 0 Å². The van der Waals surface area contributed by atoms with Crippen molar-refractivity contribution in [2.75, 3.05) is 18.0 Å². The number of aryl methyl sites for hydroxylation is 2. The molecule has 6 heterocycles. The quantitative estimate of drug-likeness (QED) is 0.140. The second-order valence-corrected chi connectivity index (χ2v) is 21.5. The van der Waals surface area contributed by atoms with E-state index in [1.165, 1.54) is 0 Å². The number of halogens is 2. The zero-order valence-electron chi connectivity index (χ0n) is 38.2. The van der Waals surface area contributed by atoms with E-state index in [2.05, 4.69) is 93.6 Å². The summed E-state index contributed by atoms with van der Waals surface area (Å²) in [6.45, 7) is 16.1. The number of nitrogens with one attached hydrogen (secondary N) is 1. The molecule has 4 aliphatic rings. The zero-order valence-corrected chi connectivity index (χ0v) is 39.7. The lowest BCUT2D eigenvalue weighted by molar-refractivity contribution is -0.164. The average Bonchev–Trinajstić information content (AvgIpc) is 3.99. The molecule has 6 aromatic rings. The highest BCUT2D eigenvalue weighted by Gasteiger charge is 2.64. The molecule has 2 aliphatic heterocycles. The molecule has 1 N–H and O–H groups in total. The number of fused-ring (bicyclic) bond motifs is 3. The van der Waals surface area contributed by atoms with E-state index >= 15 is 4.39 Å². The van der Waals surface area contributed by atoms with E-state index in [4.69, 9.17) is 25.7 Å². The van der Waals surface area contributed by atoms with Gasteiger partial charge in [0.1, 0.15) is 46.9 Å². The van der Waals surface area contributed by atoms with E-state index in [-0.39, 0.29) is 29.3 Å². The van der Waals surface area contributed by atoms with Gasteiger partial charge in [-0.25, -0.2) is 19.3 Å². The number of hydrogen-bond acceptors (Lipinski definition) is 12.